The molecule has 0 amide bonds. The van der Waals surface area contributed by atoms with Crippen LogP contribution < -0.4 is 0 Å². The fourth-order valence-corrected chi connectivity index (χ4v) is 0. The number of hydrogen-bond donors (Lipinski definition) is 0. The Balaban J connectivity index is 0. The Hall–Kier alpha value is 1.63. The third-order valence-electron chi connectivity index (χ3n) is 0. The molecule has 0 aromatic rings. The van der Waals surface area contributed by atoms with Crippen LogP contribution in [-0.2, 0) is 0 Å². The molecule has 0 saturated heterocycles. The molecule has 0 atom stereocenters. The van der Waals surface area contributed by atoms with E-state index in [0.29, 0.717) is 0 Å². The van der Waals surface area contributed by atoms with Crippen molar-refractivity contribution in [2.45, 2.75) is 6.92 Å². The summed E-state index contributed by atoms with van der Waals surface area (Å²) in [5, 5.41) is 0. The summed E-state index contributed by atoms with van der Waals surface area (Å²) in [6, 6.07) is 0. The van der Waals surface area contributed by atoms with Crippen molar-refractivity contribution in [1.82, 2.24) is 0 Å². The normalized spacial score (nSPS) is 3.20. The van der Waals surface area contributed by atoms with Gasteiger partial charge in [-0.2, -0.15) is 6.92 Å². The van der Waals surface area contributed by atoms with Crippen LogP contribution in [0.4, 0.5) is 0 Å². The van der Waals surface area contributed by atoms with Gasteiger partial charge in [-0.3, -0.25) is 0 Å². The minimum atomic E-state index is -1.06. The van der Waals surface area contributed by atoms with E-state index in [-0.39, 0.29) is 0 Å². The van der Waals surface area contributed by atoms with Gasteiger partial charge in [0.25, 0.3) is 0 Å². The van der Waals surface area contributed by atoms with E-state index in [4.69, 9.17) is 15.2 Å². The molecule has 0 N–H and O–H groups in total. The van der Waals surface area contributed by atoms with Gasteiger partial charge < -0.3 is 6.92 Å². The minimum absolute atomic E-state index is 1.06. The first-order valence-electron chi connectivity index (χ1n) is 1.09. The van der Waals surface area contributed by atoms with E-state index < -0.39 is 25.1 Å². The average molecular weight is 338 g/mol. The van der Waals surface area contributed by atoms with E-state index in [1.807, 2.05) is 0 Å². The van der Waals surface area contributed by atoms with Crippen molar-refractivity contribution in [3.05, 3.63) is 6.92 Å². The quantitative estimate of drug-likeness (QED) is 0.595. The Morgan fingerprint density at radius 2 is 1.40 bits per heavy atom. The number of hydrogen-bond acceptors (Lipinski definition) is 0. The number of rotatable bonds is 0. The third kappa shape index (κ3) is 27.9. The van der Waals surface area contributed by atoms with Gasteiger partial charge in [0, 0.05) is 0 Å². The monoisotopic (exact) mass is 337 g/mol. The predicted octanol–water partition coefficient (Wildman–Crippen LogP) is 2.22. The Bertz CT molecular complexity index is 7.61. The van der Waals surface area contributed by atoms with E-state index in [9.17, 15) is 0 Å². The summed E-state index contributed by atoms with van der Waals surface area (Å²) in [7, 11) is 9.95. The summed E-state index contributed by atoms with van der Waals surface area (Å²) in [6.07, 6.45) is 0. The van der Waals surface area contributed by atoms with Gasteiger partial charge in [-0.1, -0.05) is 0 Å². The van der Waals surface area contributed by atoms with Crippen molar-refractivity contribution in [3.8, 4) is 0 Å². The topological polar surface area (TPSA) is 0 Å². The van der Waals surface area contributed by atoms with Crippen LogP contribution in [0.3, 0.4) is 0 Å². The maximum absolute atomic E-state index is 4.97. The molecule has 3 heteroatoms. The maximum atomic E-state index is 4.97. The molecule has 0 unspecified atom stereocenters. The molecule has 5 heavy (non-hydrogen) atoms. The zero-order valence-electron chi connectivity index (χ0n) is 2.96. The zero-order valence-corrected chi connectivity index (χ0v) is 8.64. The molecule has 0 saturated carbocycles. The molecule has 0 nitrogen and oxygen atoms in total. The second kappa shape index (κ2) is 17.4. The Kier molecular flexibility index (Phi) is 34.2. The van der Waals surface area contributed by atoms with Crippen molar-refractivity contribution in [2.75, 3.05) is 0 Å². The first kappa shape index (κ1) is 9.80. The molecule has 0 aliphatic rings. The number of halogens is 2. The summed E-state index contributed by atoms with van der Waals surface area (Å²) in [4.78, 5) is 0. The van der Waals surface area contributed by atoms with E-state index >= 15 is 0 Å². The summed E-state index contributed by atoms with van der Waals surface area (Å²) >= 11 is -1.06. The van der Waals surface area contributed by atoms with Gasteiger partial charge in [0.1, 0.15) is 0 Å². The molecular weight excluding hydrogens is 333 g/mol. The summed E-state index contributed by atoms with van der Waals surface area (Å²) in [6.45, 7) is 5.00. The van der Waals surface area contributed by atoms with Gasteiger partial charge in [0.15, 0.2) is 0 Å². The molecule has 0 radical (unpaired) electrons. The molecule has 0 fully saturated rings. The van der Waals surface area contributed by atoms with Crippen molar-refractivity contribution < 1.29 is 25.1 Å². The van der Waals surface area contributed by atoms with Crippen LogP contribution in [0.15, 0.2) is 0 Å². The van der Waals surface area contributed by atoms with Crippen molar-refractivity contribution in [3.63, 3.8) is 0 Å². The van der Waals surface area contributed by atoms with Crippen molar-refractivity contribution >= 4 is 15.2 Å². The van der Waals surface area contributed by atoms with Crippen LogP contribution in [0.1, 0.15) is 6.92 Å². The second-order valence-corrected chi connectivity index (χ2v) is 6.00. The summed E-state index contributed by atoms with van der Waals surface area (Å²) in [5.41, 5.74) is 0. The van der Waals surface area contributed by atoms with Gasteiger partial charge in [-0.15, -0.1) is 0 Å². The first-order chi connectivity index (χ1) is 2.41. The van der Waals surface area contributed by atoms with Crippen LogP contribution >= 0.6 is 15.2 Å². The summed E-state index contributed by atoms with van der Waals surface area (Å²) in [5.74, 6) is 0. The fraction of sp³-hybridized carbons (Fsp3) is 0.500. The Morgan fingerprint density at radius 3 is 1.40 bits per heavy atom. The third-order valence-corrected chi connectivity index (χ3v) is 0. The molecule has 0 spiro atoms. The molecule has 0 aromatic carbocycles. The van der Waals surface area contributed by atoms with Crippen LogP contribution in [0, 0.1) is 32.0 Å². The van der Waals surface area contributed by atoms with E-state index in [2.05, 4.69) is 6.92 Å². The van der Waals surface area contributed by atoms with Gasteiger partial charge in [0.2, 0.25) is 0 Å². The van der Waals surface area contributed by atoms with Gasteiger partial charge in [0.05, 0.1) is 0 Å². The van der Waals surface area contributed by atoms with Gasteiger partial charge >= 0.3 is 40.3 Å². The Labute approximate surface area is 53.7 Å². The molecular formula is C2H5Cl2U-. The molecule has 0 bridgehead atoms. The molecule has 0 rings (SSSR count). The van der Waals surface area contributed by atoms with Gasteiger partial charge in [-0.05, 0) is 0 Å². The van der Waals surface area contributed by atoms with E-state index in [0.717, 1.165) is 0 Å². The van der Waals surface area contributed by atoms with Crippen molar-refractivity contribution in [2.24, 2.45) is 0 Å². The van der Waals surface area contributed by atoms with E-state index in [1.54, 1.807) is 6.92 Å². The Morgan fingerprint density at radius 1 is 1.40 bits per heavy atom. The predicted molar refractivity (Wildman–Crippen MR) is 22.7 cm³/mol. The van der Waals surface area contributed by atoms with Gasteiger partial charge in [-0.25, -0.2) is 0 Å². The zero-order chi connectivity index (χ0) is 4.71. The standard InChI is InChI=1S/C2H5.2ClH.U/c1-2;;;/h1H2,2H3;2*1H;/q-1;;;+2/p-2. The molecule has 32 valence electrons. The van der Waals surface area contributed by atoms with Crippen LogP contribution in [0.5, 0.6) is 0 Å². The second-order valence-electron chi connectivity index (χ2n) is 0.0714. The van der Waals surface area contributed by atoms with Crippen LogP contribution in [-0.4, -0.2) is 0 Å². The van der Waals surface area contributed by atoms with Crippen molar-refractivity contribution in [1.29, 1.82) is 0 Å². The molecule has 0 aliphatic heterocycles. The SMILES string of the molecule is [CH2-]C.[Cl][U][Cl]. The molecule has 0 aromatic heterocycles. The molecule has 0 heterocycles. The average Bonchev–Trinajstić information content (AvgIpc) is 1.46. The van der Waals surface area contributed by atoms with Crippen LogP contribution in [0.25, 0.3) is 0 Å². The summed E-state index contributed by atoms with van der Waals surface area (Å²) < 4.78 is 0. The molecule has 0 aliphatic carbocycles. The fourth-order valence-electron chi connectivity index (χ4n) is 0. The van der Waals surface area contributed by atoms with E-state index in [1.165, 1.54) is 0 Å². The van der Waals surface area contributed by atoms with Crippen LogP contribution in [0.2, 0.25) is 0 Å². The first-order valence-corrected chi connectivity index (χ1v) is 11.3.